The molecule has 1 aromatic rings. The van der Waals surface area contributed by atoms with Crippen LogP contribution >= 0.6 is 11.8 Å². The monoisotopic (exact) mass is 372 g/mol. The molecular weight excluding hydrogens is 344 g/mol. The molecule has 0 spiro atoms. The fourth-order valence-electron chi connectivity index (χ4n) is 4.81. The molecule has 5 heteroatoms. The van der Waals surface area contributed by atoms with Gasteiger partial charge < -0.3 is 10.2 Å². The first kappa shape index (κ1) is 17.9. The number of nitrogens with zero attached hydrogens (tertiary/aromatic N) is 1. The number of benzene rings is 1. The third-order valence-corrected chi connectivity index (χ3v) is 7.51. The maximum Gasteiger partial charge on any atom is 0.243 e. The molecule has 2 fully saturated rings. The number of amides is 2. The number of carbonyl (C=O) groups is 2. The summed E-state index contributed by atoms with van der Waals surface area (Å²) >= 11 is 1.84. The number of carbonyl (C=O) groups excluding carboxylic acids is 2. The minimum absolute atomic E-state index is 0.00362. The maximum atomic E-state index is 13.3. The van der Waals surface area contributed by atoms with Crippen LogP contribution in [-0.2, 0) is 16.0 Å². The molecule has 0 saturated carbocycles. The van der Waals surface area contributed by atoms with Gasteiger partial charge >= 0.3 is 0 Å². The number of aryl methyl sites for hydroxylation is 1. The molecule has 0 aromatic heterocycles. The molecule has 4 nitrogen and oxygen atoms in total. The molecule has 1 aromatic carbocycles. The number of hydrogen-bond donors (Lipinski definition) is 1. The third-order valence-electron chi connectivity index (χ3n) is 6.26. The van der Waals surface area contributed by atoms with E-state index in [4.69, 9.17) is 0 Å². The molecule has 0 unspecified atom stereocenters. The minimum atomic E-state index is -0.374. The topological polar surface area (TPSA) is 49.4 Å². The van der Waals surface area contributed by atoms with Crippen molar-refractivity contribution in [1.82, 2.24) is 10.2 Å². The van der Waals surface area contributed by atoms with Crippen LogP contribution in [0.4, 0.5) is 0 Å². The number of fused-ring (bicyclic) bond motifs is 2. The standard InChI is InChI=1S/C21H28N2O2S/c1-13-10-11-26-17-12-21(2,3)18(23(17)20(13)25)19(24)22-16-9-8-14-6-4-5-7-15(14)16/h4-7,13,16-18H,8-12H2,1-3H3,(H,22,24)/t13-,16+,17-,18+/m0/s1. The lowest BCUT2D eigenvalue weighted by atomic mass is 9.83. The Morgan fingerprint density at radius 1 is 1.27 bits per heavy atom. The van der Waals surface area contributed by atoms with E-state index in [1.165, 1.54) is 11.1 Å². The summed E-state index contributed by atoms with van der Waals surface area (Å²) in [5.74, 6) is 1.16. The van der Waals surface area contributed by atoms with Crippen LogP contribution in [0.3, 0.4) is 0 Å². The van der Waals surface area contributed by atoms with Crippen LogP contribution in [0.25, 0.3) is 0 Å². The van der Waals surface area contributed by atoms with Gasteiger partial charge in [0.1, 0.15) is 6.04 Å². The van der Waals surface area contributed by atoms with Gasteiger partial charge in [0, 0.05) is 5.92 Å². The van der Waals surface area contributed by atoms with Crippen molar-refractivity contribution in [2.24, 2.45) is 11.3 Å². The van der Waals surface area contributed by atoms with E-state index in [1.807, 2.05) is 29.7 Å². The summed E-state index contributed by atoms with van der Waals surface area (Å²) in [6.45, 7) is 6.26. The molecular formula is C21H28N2O2S. The third kappa shape index (κ3) is 2.94. The number of thioether (sulfide) groups is 1. The zero-order chi connectivity index (χ0) is 18.5. The number of hydrogen-bond acceptors (Lipinski definition) is 3. The largest absolute Gasteiger partial charge is 0.347 e. The zero-order valence-electron chi connectivity index (χ0n) is 15.8. The van der Waals surface area contributed by atoms with E-state index in [1.54, 1.807) is 0 Å². The summed E-state index contributed by atoms with van der Waals surface area (Å²) in [6.07, 6.45) is 3.74. The van der Waals surface area contributed by atoms with E-state index in [0.717, 1.165) is 31.4 Å². The van der Waals surface area contributed by atoms with Gasteiger partial charge in [-0.1, -0.05) is 45.0 Å². The van der Waals surface area contributed by atoms with Gasteiger partial charge in [-0.05, 0) is 48.0 Å². The number of nitrogens with one attached hydrogen (secondary N) is 1. The lowest BCUT2D eigenvalue weighted by Gasteiger charge is -2.34. The van der Waals surface area contributed by atoms with Gasteiger partial charge in [-0.15, -0.1) is 11.8 Å². The molecule has 26 heavy (non-hydrogen) atoms. The van der Waals surface area contributed by atoms with Gasteiger partial charge in [-0.25, -0.2) is 0 Å². The molecule has 2 saturated heterocycles. The second-order valence-corrected chi connectivity index (χ2v) is 9.94. The highest BCUT2D eigenvalue weighted by molar-refractivity contribution is 7.99. The fourth-order valence-corrected chi connectivity index (χ4v) is 6.50. The van der Waals surface area contributed by atoms with E-state index in [2.05, 4.69) is 37.4 Å². The Morgan fingerprint density at radius 2 is 2.04 bits per heavy atom. The predicted octanol–water partition coefficient (Wildman–Crippen LogP) is 3.52. The molecule has 0 radical (unpaired) electrons. The van der Waals surface area contributed by atoms with E-state index in [0.29, 0.717) is 0 Å². The first-order chi connectivity index (χ1) is 12.4. The second-order valence-electron chi connectivity index (χ2n) is 8.65. The van der Waals surface area contributed by atoms with Gasteiger partial charge in [0.2, 0.25) is 11.8 Å². The quantitative estimate of drug-likeness (QED) is 0.864. The Morgan fingerprint density at radius 3 is 2.85 bits per heavy atom. The molecule has 4 rings (SSSR count). The predicted molar refractivity (Wildman–Crippen MR) is 105 cm³/mol. The molecule has 4 atom stereocenters. The lowest BCUT2D eigenvalue weighted by molar-refractivity contribution is -0.143. The SMILES string of the molecule is C[C@H]1CCS[C@H]2CC(C)(C)[C@@H](C(=O)N[C@@H]3CCc4ccccc43)N2C1=O. The summed E-state index contributed by atoms with van der Waals surface area (Å²) in [6, 6.07) is 8.05. The average molecular weight is 373 g/mol. The molecule has 2 heterocycles. The average Bonchev–Trinajstić information content (AvgIpc) is 3.08. The molecule has 1 aliphatic carbocycles. The van der Waals surface area contributed by atoms with Crippen LogP contribution < -0.4 is 5.32 Å². The van der Waals surface area contributed by atoms with Gasteiger partial charge in [-0.2, -0.15) is 0 Å². The summed E-state index contributed by atoms with van der Waals surface area (Å²) in [5, 5.41) is 3.41. The Hall–Kier alpha value is -1.49. The van der Waals surface area contributed by atoms with Crippen LogP contribution in [0.2, 0.25) is 0 Å². The fraction of sp³-hybridized carbons (Fsp3) is 0.619. The summed E-state index contributed by atoms with van der Waals surface area (Å²) < 4.78 is 0. The Kier molecular flexibility index (Phi) is 4.54. The maximum absolute atomic E-state index is 13.3. The molecule has 0 bridgehead atoms. The van der Waals surface area contributed by atoms with Gasteiger partial charge in [-0.3, -0.25) is 9.59 Å². The van der Waals surface area contributed by atoms with Crippen LogP contribution in [0.15, 0.2) is 24.3 Å². The number of rotatable bonds is 2. The second kappa shape index (κ2) is 6.59. The molecule has 1 N–H and O–H groups in total. The van der Waals surface area contributed by atoms with E-state index >= 15 is 0 Å². The smallest absolute Gasteiger partial charge is 0.243 e. The Labute approximate surface area is 160 Å². The van der Waals surface area contributed by atoms with Crippen LogP contribution in [-0.4, -0.2) is 33.9 Å². The molecule has 3 aliphatic rings. The first-order valence-corrected chi connectivity index (χ1v) is 10.8. The van der Waals surface area contributed by atoms with E-state index < -0.39 is 0 Å². The first-order valence-electron chi connectivity index (χ1n) is 9.70. The molecule has 2 amide bonds. The van der Waals surface area contributed by atoms with E-state index in [9.17, 15) is 9.59 Å². The van der Waals surface area contributed by atoms with Gasteiger partial charge in [0.05, 0.1) is 11.4 Å². The normalized spacial score (nSPS) is 32.7. The zero-order valence-corrected chi connectivity index (χ0v) is 16.6. The molecule has 140 valence electrons. The Bertz CT molecular complexity index is 732. The van der Waals surface area contributed by atoms with Crippen LogP contribution in [0, 0.1) is 11.3 Å². The van der Waals surface area contributed by atoms with Crippen molar-refractivity contribution in [3.05, 3.63) is 35.4 Å². The van der Waals surface area contributed by atoms with Crippen molar-refractivity contribution in [3.63, 3.8) is 0 Å². The van der Waals surface area contributed by atoms with Crippen molar-refractivity contribution in [1.29, 1.82) is 0 Å². The van der Waals surface area contributed by atoms with Crippen molar-refractivity contribution in [2.45, 2.75) is 63.9 Å². The van der Waals surface area contributed by atoms with Crippen molar-refractivity contribution in [3.8, 4) is 0 Å². The highest BCUT2D eigenvalue weighted by Crippen LogP contribution is 2.47. The van der Waals surface area contributed by atoms with Crippen molar-refractivity contribution >= 4 is 23.6 Å². The molecule has 2 aliphatic heterocycles. The van der Waals surface area contributed by atoms with Crippen LogP contribution in [0.1, 0.15) is 57.2 Å². The van der Waals surface area contributed by atoms with Crippen molar-refractivity contribution in [2.75, 3.05) is 5.75 Å². The van der Waals surface area contributed by atoms with Gasteiger partial charge in [0.25, 0.3) is 0 Å². The van der Waals surface area contributed by atoms with E-state index in [-0.39, 0.29) is 40.6 Å². The minimum Gasteiger partial charge on any atom is -0.347 e. The summed E-state index contributed by atoms with van der Waals surface area (Å²) in [5.41, 5.74) is 2.36. The van der Waals surface area contributed by atoms with Crippen molar-refractivity contribution < 1.29 is 9.59 Å². The Balaban J connectivity index is 1.58. The van der Waals surface area contributed by atoms with Gasteiger partial charge in [0.15, 0.2) is 0 Å². The highest BCUT2D eigenvalue weighted by Gasteiger charge is 2.53. The summed E-state index contributed by atoms with van der Waals surface area (Å²) in [7, 11) is 0. The van der Waals surface area contributed by atoms with Crippen LogP contribution in [0.5, 0.6) is 0 Å². The summed E-state index contributed by atoms with van der Waals surface area (Å²) in [4.78, 5) is 28.2. The lowest BCUT2D eigenvalue weighted by Crippen LogP contribution is -2.53. The highest BCUT2D eigenvalue weighted by atomic mass is 32.2.